The van der Waals surface area contributed by atoms with Crippen LogP contribution in [-0.4, -0.2) is 33.4 Å². The zero-order valence-electron chi connectivity index (χ0n) is 11.2. The van der Waals surface area contributed by atoms with Gasteiger partial charge in [0.25, 0.3) is 0 Å². The predicted molar refractivity (Wildman–Crippen MR) is 70.6 cm³/mol. The maximum absolute atomic E-state index is 5.30. The van der Waals surface area contributed by atoms with E-state index in [2.05, 4.69) is 24.4 Å². The zero-order chi connectivity index (χ0) is 12.7. The molecule has 0 aliphatic carbocycles. The summed E-state index contributed by atoms with van der Waals surface area (Å²) in [7, 11) is 5.44. The minimum Gasteiger partial charge on any atom is -0.497 e. The van der Waals surface area contributed by atoms with Gasteiger partial charge in [-0.25, -0.2) is 0 Å². The van der Waals surface area contributed by atoms with E-state index in [1.165, 1.54) is 5.56 Å². The lowest BCUT2D eigenvalue weighted by Crippen LogP contribution is -2.31. The quantitative estimate of drug-likeness (QED) is 0.789. The Labute approximate surface area is 104 Å². The first-order chi connectivity index (χ1) is 8.19. The summed E-state index contributed by atoms with van der Waals surface area (Å²) in [6.45, 7) is 2.09. The van der Waals surface area contributed by atoms with Gasteiger partial charge in [0.05, 0.1) is 13.2 Å². The van der Waals surface area contributed by atoms with Crippen molar-refractivity contribution in [1.82, 2.24) is 5.32 Å². The van der Waals surface area contributed by atoms with E-state index in [-0.39, 0.29) is 6.10 Å². The van der Waals surface area contributed by atoms with Crippen molar-refractivity contribution in [3.8, 4) is 5.75 Å². The topological polar surface area (TPSA) is 30.5 Å². The molecule has 2 unspecified atom stereocenters. The number of likely N-dealkylation sites (N-methyl/N-ethyl adjacent to an activating group) is 1. The van der Waals surface area contributed by atoms with Gasteiger partial charge in [0, 0.05) is 13.2 Å². The molecule has 1 rings (SSSR count). The molecule has 0 aliphatic heterocycles. The van der Waals surface area contributed by atoms with Crippen LogP contribution in [0.15, 0.2) is 24.3 Å². The summed E-state index contributed by atoms with van der Waals surface area (Å²) in [6, 6.07) is 8.64. The van der Waals surface area contributed by atoms with E-state index in [0.717, 1.165) is 18.6 Å². The third kappa shape index (κ3) is 4.75. The Morgan fingerprint density at radius 1 is 1.29 bits per heavy atom. The molecule has 0 amide bonds. The Balaban J connectivity index is 2.60. The van der Waals surface area contributed by atoms with Crippen molar-refractivity contribution in [2.24, 2.45) is 0 Å². The van der Waals surface area contributed by atoms with Crippen LogP contribution >= 0.6 is 0 Å². The van der Waals surface area contributed by atoms with Gasteiger partial charge in [-0.1, -0.05) is 12.1 Å². The fraction of sp³-hybridized carbons (Fsp3) is 0.571. The largest absolute Gasteiger partial charge is 0.497 e. The fourth-order valence-electron chi connectivity index (χ4n) is 1.88. The highest BCUT2D eigenvalue weighted by Crippen LogP contribution is 2.15. The van der Waals surface area contributed by atoms with Gasteiger partial charge in [-0.3, -0.25) is 0 Å². The van der Waals surface area contributed by atoms with Crippen molar-refractivity contribution >= 4 is 0 Å². The van der Waals surface area contributed by atoms with E-state index in [1.54, 1.807) is 14.2 Å². The normalized spacial score (nSPS) is 14.4. The molecule has 3 heteroatoms. The zero-order valence-corrected chi connectivity index (χ0v) is 11.2. The van der Waals surface area contributed by atoms with Crippen molar-refractivity contribution in [2.75, 3.05) is 21.3 Å². The molecule has 1 N–H and O–H groups in total. The molecule has 0 heterocycles. The summed E-state index contributed by atoms with van der Waals surface area (Å²) in [5.74, 6) is 0.914. The van der Waals surface area contributed by atoms with Gasteiger partial charge in [-0.05, 0) is 44.5 Å². The smallest absolute Gasteiger partial charge is 0.119 e. The van der Waals surface area contributed by atoms with Gasteiger partial charge in [0.2, 0.25) is 0 Å². The van der Waals surface area contributed by atoms with Crippen molar-refractivity contribution < 1.29 is 9.47 Å². The van der Waals surface area contributed by atoms with Crippen LogP contribution in [0, 0.1) is 0 Å². The second-order valence-corrected chi connectivity index (χ2v) is 4.32. The van der Waals surface area contributed by atoms with Crippen LogP contribution in [0.4, 0.5) is 0 Å². The van der Waals surface area contributed by atoms with E-state index < -0.39 is 0 Å². The second-order valence-electron chi connectivity index (χ2n) is 4.32. The average molecular weight is 237 g/mol. The van der Waals surface area contributed by atoms with Gasteiger partial charge in [0.15, 0.2) is 0 Å². The molecule has 96 valence electrons. The number of benzene rings is 1. The highest BCUT2D eigenvalue weighted by Gasteiger charge is 2.11. The number of methoxy groups -OCH3 is 2. The molecule has 0 aliphatic rings. The lowest BCUT2D eigenvalue weighted by molar-refractivity contribution is 0.101. The van der Waals surface area contributed by atoms with Crippen molar-refractivity contribution in [1.29, 1.82) is 0 Å². The van der Waals surface area contributed by atoms with E-state index >= 15 is 0 Å². The summed E-state index contributed by atoms with van der Waals surface area (Å²) in [4.78, 5) is 0. The van der Waals surface area contributed by atoms with E-state index in [1.807, 2.05) is 19.2 Å². The van der Waals surface area contributed by atoms with E-state index in [9.17, 15) is 0 Å². The van der Waals surface area contributed by atoms with Crippen molar-refractivity contribution in [3.63, 3.8) is 0 Å². The Morgan fingerprint density at radius 2 is 2.06 bits per heavy atom. The average Bonchev–Trinajstić information content (AvgIpc) is 2.37. The standard InChI is InChI=1S/C14H23NO2/c1-11(16-3)8-13(15-2)9-12-6-5-7-14(10-12)17-4/h5-7,10-11,13,15H,8-9H2,1-4H3. The number of rotatable bonds is 7. The van der Waals surface area contributed by atoms with Crippen LogP contribution in [-0.2, 0) is 11.2 Å². The molecule has 0 fully saturated rings. The summed E-state index contributed by atoms with van der Waals surface area (Å²) in [5, 5.41) is 3.33. The molecule has 1 aromatic rings. The van der Waals surface area contributed by atoms with Crippen LogP contribution in [0.1, 0.15) is 18.9 Å². The molecule has 17 heavy (non-hydrogen) atoms. The Hall–Kier alpha value is -1.06. The van der Waals surface area contributed by atoms with E-state index in [4.69, 9.17) is 9.47 Å². The van der Waals surface area contributed by atoms with Gasteiger partial charge < -0.3 is 14.8 Å². The third-order valence-electron chi connectivity index (χ3n) is 3.04. The Morgan fingerprint density at radius 3 is 2.65 bits per heavy atom. The van der Waals surface area contributed by atoms with Crippen LogP contribution in [0.2, 0.25) is 0 Å². The number of hydrogen-bond acceptors (Lipinski definition) is 3. The fourth-order valence-corrected chi connectivity index (χ4v) is 1.88. The number of hydrogen-bond donors (Lipinski definition) is 1. The molecular formula is C14H23NO2. The molecule has 0 saturated heterocycles. The highest BCUT2D eigenvalue weighted by molar-refractivity contribution is 5.28. The van der Waals surface area contributed by atoms with Crippen LogP contribution in [0.5, 0.6) is 5.75 Å². The monoisotopic (exact) mass is 237 g/mol. The number of ether oxygens (including phenoxy) is 2. The molecule has 0 radical (unpaired) electrons. The molecule has 3 nitrogen and oxygen atoms in total. The summed E-state index contributed by atoms with van der Waals surface area (Å²) < 4.78 is 10.5. The predicted octanol–water partition coefficient (Wildman–Crippen LogP) is 2.25. The molecule has 2 atom stereocenters. The third-order valence-corrected chi connectivity index (χ3v) is 3.04. The maximum Gasteiger partial charge on any atom is 0.119 e. The number of nitrogens with one attached hydrogen (secondary N) is 1. The molecule has 0 spiro atoms. The molecular weight excluding hydrogens is 214 g/mol. The Bertz CT molecular complexity index is 328. The van der Waals surface area contributed by atoms with Crippen LogP contribution in [0.3, 0.4) is 0 Å². The first-order valence-electron chi connectivity index (χ1n) is 6.02. The first-order valence-corrected chi connectivity index (χ1v) is 6.02. The van der Waals surface area contributed by atoms with Crippen molar-refractivity contribution in [2.45, 2.75) is 31.9 Å². The minimum atomic E-state index is 0.276. The minimum absolute atomic E-state index is 0.276. The SMILES string of the molecule is CNC(Cc1cccc(OC)c1)CC(C)OC. The molecule has 0 saturated carbocycles. The molecule has 0 aromatic heterocycles. The lowest BCUT2D eigenvalue weighted by Gasteiger charge is -2.20. The lowest BCUT2D eigenvalue weighted by atomic mass is 10.0. The van der Waals surface area contributed by atoms with Gasteiger partial charge in [-0.2, -0.15) is 0 Å². The second kappa shape index (κ2) is 7.30. The first kappa shape index (κ1) is 14.0. The summed E-state index contributed by atoms with van der Waals surface area (Å²) in [6.07, 6.45) is 2.27. The van der Waals surface area contributed by atoms with Gasteiger partial charge in [0.1, 0.15) is 5.75 Å². The maximum atomic E-state index is 5.30. The van der Waals surface area contributed by atoms with Crippen molar-refractivity contribution in [3.05, 3.63) is 29.8 Å². The highest BCUT2D eigenvalue weighted by atomic mass is 16.5. The van der Waals surface area contributed by atoms with Gasteiger partial charge in [-0.15, -0.1) is 0 Å². The molecule has 0 bridgehead atoms. The van der Waals surface area contributed by atoms with Crippen LogP contribution in [0.25, 0.3) is 0 Å². The van der Waals surface area contributed by atoms with E-state index in [0.29, 0.717) is 6.04 Å². The Kier molecular flexibility index (Phi) is 6.01. The van der Waals surface area contributed by atoms with Crippen LogP contribution < -0.4 is 10.1 Å². The molecule has 1 aromatic carbocycles. The summed E-state index contributed by atoms with van der Waals surface area (Å²) in [5.41, 5.74) is 1.28. The van der Waals surface area contributed by atoms with Gasteiger partial charge >= 0.3 is 0 Å². The summed E-state index contributed by atoms with van der Waals surface area (Å²) >= 11 is 0.